The molecule has 0 aromatic carbocycles. The summed E-state index contributed by atoms with van der Waals surface area (Å²) in [5.41, 5.74) is 2.10. The van der Waals surface area contributed by atoms with Gasteiger partial charge in [-0.25, -0.2) is 0 Å². The van der Waals surface area contributed by atoms with E-state index in [4.69, 9.17) is 4.74 Å². The number of carbonyl (C=O) groups is 3. The molecule has 1 atom stereocenters. The van der Waals surface area contributed by atoms with E-state index >= 15 is 0 Å². The Morgan fingerprint density at radius 1 is 1.32 bits per heavy atom. The number of nitrogens with one attached hydrogen (secondary N) is 1. The number of Topliss-reactive ketones (excluding diaryl/α,β-unsaturated/α-hetero) is 2. The summed E-state index contributed by atoms with van der Waals surface area (Å²) in [5.74, 6) is 0.0860. The van der Waals surface area contributed by atoms with Crippen LogP contribution in [0.5, 0.6) is 0 Å². The summed E-state index contributed by atoms with van der Waals surface area (Å²) in [6.45, 7) is 6.48. The molecule has 134 valence electrons. The molecule has 0 aliphatic carbocycles. The van der Waals surface area contributed by atoms with Gasteiger partial charge in [0, 0.05) is 21.9 Å². The molecule has 0 aliphatic heterocycles. The predicted octanol–water partition coefficient (Wildman–Crippen LogP) is 3.94. The highest BCUT2D eigenvalue weighted by molar-refractivity contribution is 7.99. The van der Waals surface area contributed by atoms with Crippen molar-refractivity contribution in [2.45, 2.75) is 39.6 Å². The summed E-state index contributed by atoms with van der Waals surface area (Å²) in [4.78, 5) is 40.3. The Kier molecular flexibility index (Phi) is 6.61. The van der Waals surface area contributed by atoms with E-state index in [2.05, 4.69) is 4.98 Å². The van der Waals surface area contributed by atoms with Crippen LogP contribution in [0.3, 0.4) is 0 Å². The van der Waals surface area contributed by atoms with Crippen LogP contribution < -0.4 is 0 Å². The zero-order valence-electron chi connectivity index (χ0n) is 14.7. The molecular weight excluding hydrogens is 358 g/mol. The van der Waals surface area contributed by atoms with Gasteiger partial charge in [0.25, 0.3) is 0 Å². The van der Waals surface area contributed by atoms with Crippen LogP contribution >= 0.6 is 23.1 Å². The number of aromatic nitrogens is 1. The van der Waals surface area contributed by atoms with Crippen molar-refractivity contribution < 1.29 is 19.1 Å². The molecule has 2 aromatic heterocycles. The summed E-state index contributed by atoms with van der Waals surface area (Å²) >= 11 is 3.09. The third kappa shape index (κ3) is 4.83. The molecule has 0 spiro atoms. The second-order valence-electron chi connectivity index (χ2n) is 5.75. The molecule has 0 fully saturated rings. The number of H-pyrrole nitrogens is 1. The molecule has 0 saturated carbocycles. The summed E-state index contributed by atoms with van der Waals surface area (Å²) in [7, 11) is 0. The van der Waals surface area contributed by atoms with Gasteiger partial charge in [0.15, 0.2) is 11.9 Å². The van der Waals surface area contributed by atoms with Crippen molar-refractivity contribution in [3.8, 4) is 0 Å². The largest absolute Gasteiger partial charge is 0.454 e. The van der Waals surface area contributed by atoms with Crippen LogP contribution in [-0.2, 0) is 15.3 Å². The maximum atomic E-state index is 12.5. The van der Waals surface area contributed by atoms with E-state index in [-0.39, 0.29) is 17.3 Å². The third-order valence-electron chi connectivity index (χ3n) is 3.76. The lowest BCUT2D eigenvalue weighted by Crippen LogP contribution is -2.26. The highest BCUT2D eigenvalue weighted by atomic mass is 32.2. The van der Waals surface area contributed by atoms with Crippen molar-refractivity contribution in [3.05, 3.63) is 44.9 Å². The molecule has 0 aliphatic rings. The van der Waals surface area contributed by atoms with Gasteiger partial charge in [-0.3, -0.25) is 14.4 Å². The number of ketones is 2. The third-order valence-corrected chi connectivity index (χ3v) is 5.77. The molecule has 0 radical (unpaired) electrons. The average Bonchev–Trinajstić information content (AvgIpc) is 3.14. The Morgan fingerprint density at radius 2 is 2.04 bits per heavy atom. The fourth-order valence-corrected chi connectivity index (χ4v) is 4.29. The highest BCUT2D eigenvalue weighted by Gasteiger charge is 2.25. The molecule has 0 saturated heterocycles. The zero-order valence-corrected chi connectivity index (χ0v) is 16.3. The lowest BCUT2D eigenvalue weighted by Gasteiger charge is -2.12. The van der Waals surface area contributed by atoms with Crippen LogP contribution in [0.4, 0.5) is 0 Å². The van der Waals surface area contributed by atoms with Gasteiger partial charge < -0.3 is 9.72 Å². The minimum Gasteiger partial charge on any atom is -0.454 e. The lowest BCUT2D eigenvalue weighted by molar-refractivity contribution is -0.143. The number of thioether (sulfide) groups is 1. The van der Waals surface area contributed by atoms with Crippen molar-refractivity contribution in [1.82, 2.24) is 4.98 Å². The molecular formula is C18H21NO4S2. The number of esters is 1. The number of aromatic amines is 1. The van der Waals surface area contributed by atoms with Gasteiger partial charge in [-0.05, 0) is 44.7 Å². The van der Waals surface area contributed by atoms with E-state index in [9.17, 15) is 14.4 Å². The van der Waals surface area contributed by atoms with Crippen LogP contribution in [0.25, 0.3) is 0 Å². The van der Waals surface area contributed by atoms with Gasteiger partial charge in [0.1, 0.15) is 0 Å². The highest BCUT2D eigenvalue weighted by Crippen LogP contribution is 2.21. The van der Waals surface area contributed by atoms with Crippen molar-refractivity contribution in [1.29, 1.82) is 0 Å². The quantitative estimate of drug-likeness (QED) is 0.555. The first-order valence-electron chi connectivity index (χ1n) is 7.85. The maximum Gasteiger partial charge on any atom is 0.316 e. The van der Waals surface area contributed by atoms with E-state index in [0.717, 1.165) is 5.75 Å². The minimum absolute atomic E-state index is 0.0973. The fraction of sp³-hybridized carbons (Fsp3) is 0.389. The Labute approximate surface area is 155 Å². The standard InChI is InChI=1S/C18H21NO4S2/c1-10-16(12(3)20)11(2)19-17(10)18(22)13(4)23-15(21)9-24-8-14-6-5-7-25-14/h5-7,13,19H,8-9H2,1-4H3/t13-/m0/s1. The normalized spacial score (nSPS) is 12.0. The van der Waals surface area contributed by atoms with Crippen molar-refractivity contribution in [3.63, 3.8) is 0 Å². The SMILES string of the molecule is CC(=O)c1c(C)[nH]c(C(=O)[C@H](C)OC(=O)CSCc2cccs2)c1C. The maximum absolute atomic E-state index is 12.5. The molecule has 0 bridgehead atoms. The van der Waals surface area contributed by atoms with Crippen LogP contribution in [0, 0.1) is 13.8 Å². The lowest BCUT2D eigenvalue weighted by atomic mass is 10.0. The van der Waals surface area contributed by atoms with Gasteiger partial charge in [0.05, 0.1) is 11.4 Å². The van der Waals surface area contributed by atoms with Crippen molar-refractivity contribution in [2.24, 2.45) is 0 Å². The molecule has 0 unspecified atom stereocenters. The van der Waals surface area contributed by atoms with Gasteiger partial charge >= 0.3 is 5.97 Å². The molecule has 2 heterocycles. The minimum atomic E-state index is -0.897. The first kappa shape index (κ1) is 19.5. The zero-order chi connectivity index (χ0) is 18.6. The number of hydrogen-bond donors (Lipinski definition) is 1. The van der Waals surface area contributed by atoms with E-state index in [0.29, 0.717) is 22.5 Å². The molecule has 0 amide bonds. The topological polar surface area (TPSA) is 76.2 Å². The summed E-state index contributed by atoms with van der Waals surface area (Å²) < 4.78 is 5.24. The van der Waals surface area contributed by atoms with Crippen molar-refractivity contribution >= 4 is 40.6 Å². The van der Waals surface area contributed by atoms with E-state index in [1.54, 1.807) is 32.1 Å². The van der Waals surface area contributed by atoms with E-state index < -0.39 is 12.1 Å². The molecule has 2 rings (SSSR count). The van der Waals surface area contributed by atoms with Gasteiger partial charge in [0.2, 0.25) is 5.78 Å². The monoisotopic (exact) mass is 379 g/mol. The second kappa shape index (κ2) is 8.49. The summed E-state index contributed by atoms with van der Waals surface area (Å²) in [6.07, 6.45) is -0.897. The van der Waals surface area contributed by atoms with E-state index in [1.165, 1.54) is 23.6 Å². The second-order valence-corrected chi connectivity index (χ2v) is 7.77. The first-order valence-corrected chi connectivity index (χ1v) is 9.88. The van der Waals surface area contributed by atoms with E-state index in [1.807, 2.05) is 17.5 Å². The Hall–Kier alpha value is -1.86. The molecule has 1 N–H and O–H groups in total. The fourth-order valence-electron chi connectivity index (χ4n) is 2.64. The number of carbonyl (C=O) groups excluding carboxylic acids is 3. The molecule has 2 aromatic rings. The number of aryl methyl sites for hydroxylation is 1. The Bertz CT molecular complexity index is 777. The van der Waals surface area contributed by atoms with Crippen LogP contribution in [-0.4, -0.2) is 34.4 Å². The Morgan fingerprint density at radius 3 is 2.60 bits per heavy atom. The van der Waals surface area contributed by atoms with Gasteiger partial charge in [-0.2, -0.15) is 0 Å². The predicted molar refractivity (Wildman–Crippen MR) is 101 cm³/mol. The smallest absolute Gasteiger partial charge is 0.316 e. The van der Waals surface area contributed by atoms with Gasteiger partial charge in [-0.1, -0.05) is 6.07 Å². The van der Waals surface area contributed by atoms with Crippen LogP contribution in [0.2, 0.25) is 0 Å². The first-order chi connectivity index (χ1) is 11.8. The Balaban J connectivity index is 1.92. The average molecular weight is 380 g/mol. The van der Waals surface area contributed by atoms with Crippen molar-refractivity contribution in [2.75, 3.05) is 5.75 Å². The molecule has 7 heteroatoms. The number of hydrogen-bond acceptors (Lipinski definition) is 6. The number of ether oxygens (including phenoxy) is 1. The number of thiophene rings is 1. The van der Waals surface area contributed by atoms with Gasteiger partial charge in [-0.15, -0.1) is 23.1 Å². The van der Waals surface area contributed by atoms with Crippen LogP contribution in [0.1, 0.15) is 50.8 Å². The molecule has 25 heavy (non-hydrogen) atoms. The summed E-state index contributed by atoms with van der Waals surface area (Å²) in [5, 5.41) is 1.99. The summed E-state index contributed by atoms with van der Waals surface area (Å²) in [6, 6.07) is 3.98. The number of rotatable bonds is 8. The molecule has 5 nitrogen and oxygen atoms in total. The van der Waals surface area contributed by atoms with Crippen LogP contribution in [0.15, 0.2) is 17.5 Å².